The zero-order valence-electron chi connectivity index (χ0n) is 11.6. The van der Waals surface area contributed by atoms with Crippen LogP contribution in [0.1, 0.15) is 32.0 Å². The average Bonchev–Trinajstić information content (AvgIpc) is 2.98. The second kappa shape index (κ2) is 6.90. The minimum Gasteiger partial charge on any atom is -0.377 e. The SMILES string of the molecule is CCCN(CCn1ccnc1C)C[C@@H]1CCCO1. The summed E-state index contributed by atoms with van der Waals surface area (Å²) in [6.07, 6.45) is 8.05. The lowest BCUT2D eigenvalue weighted by Crippen LogP contribution is -2.35. The van der Waals surface area contributed by atoms with Gasteiger partial charge in [-0.3, -0.25) is 4.90 Å². The second-order valence-electron chi connectivity index (χ2n) is 5.10. The van der Waals surface area contributed by atoms with Gasteiger partial charge in [0.05, 0.1) is 6.10 Å². The molecule has 0 bridgehead atoms. The standard InChI is InChI=1S/C14H25N3O/c1-3-7-16(12-14-5-4-11-18-14)9-10-17-8-6-15-13(17)2/h6,8,14H,3-5,7,9-12H2,1-2H3/t14-/m0/s1. The van der Waals surface area contributed by atoms with E-state index in [2.05, 4.69) is 34.5 Å². The fourth-order valence-electron chi connectivity index (χ4n) is 2.58. The highest BCUT2D eigenvalue weighted by Gasteiger charge is 2.18. The van der Waals surface area contributed by atoms with Crippen LogP contribution in [0.2, 0.25) is 0 Å². The van der Waals surface area contributed by atoms with E-state index in [0.717, 1.165) is 38.6 Å². The van der Waals surface area contributed by atoms with Crippen molar-refractivity contribution < 1.29 is 4.74 Å². The Hall–Kier alpha value is -0.870. The molecule has 18 heavy (non-hydrogen) atoms. The number of hydrogen-bond donors (Lipinski definition) is 0. The smallest absolute Gasteiger partial charge is 0.105 e. The Morgan fingerprint density at radius 2 is 2.39 bits per heavy atom. The number of imidazole rings is 1. The Bertz CT molecular complexity index is 345. The highest BCUT2D eigenvalue weighted by atomic mass is 16.5. The lowest BCUT2D eigenvalue weighted by atomic mass is 10.2. The van der Waals surface area contributed by atoms with E-state index in [1.807, 2.05) is 6.20 Å². The van der Waals surface area contributed by atoms with Crippen LogP contribution in [0.3, 0.4) is 0 Å². The Kier molecular flexibility index (Phi) is 5.20. The highest BCUT2D eigenvalue weighted by molar-refractivity contribution is 4.88. The van der Waals surface area contributed by atoms with Crippen molar-refractivity contribution in [2.24, 2.45) is 0 Å². The van der Waals surface area contributed by atoms with E-state index < -0.39 is 0 Å². The Labute approximate surface area is 110 Å². The third-order valence-electron chi connectivity index (χ3n) is 3.61. The lowest BCUT2D eigenvalue weighted by molar-refractivity contribution is 0.0718. The van der Waals surface area contributed by atoms with Crippen molar-refractivity contribution >= 4 is 0 Å². The van der Waals surface area contributed by atoms with Gasteiger partial charge in [-0.1, -0.05) is 6.92 Å². The molecule has 0 radical (unpaired) electrons. The summed E-state index contributed by atoms with van der Waals surface area (Å²) in [5.41, 5.74) is 0. The van der Waals surface area contributed by atoms with Crippen LogP contribution in [0.25, 0.3) is 0 Å². The molecule has 1 saturated heterocycles. The van der Waals surface area contributed by atoms with Gasteiger partial charge in [-0.05, 0) is 32.7 Å². The molecule has 0 amide bonds. The van der Waals surface area contributed by atoms with Gasteiger partial charge in [0.15, 0.2) is 0 Å². The van der Waals surface area contributed by atoms with E-state index in [1.54, 1.807) is 0 Å². The van der Waals surface area contributed by atoms with Crippen molar-refractivity contribution in [1.82, 2.24) is 14.5 Å². The van der Waals surface area contributed by atoms with Crippen LogP contribution < -0.4 is 0 Å². The number of rotatable bonds is 7. The first-order chi connectivity index (χ1) is 8.79. The van der Waals surface area contributed by atoms with Crippen LogP contribution in [0.15, 0.2) is 12.4 Å². The fraction of sp³-hybridized carbons (Fsp3) is 0.786. The molecule has 2 rings (SSSR count). The fourth-order valence-corrected chi connectivity index (χ4v) is 2.58. The molecule has 0 saturated carbocycles. The van der Waals surface area contributed by atoms with Crippen molar-refractivity contribution in [3.8, 4) is 0 Å². The maximum atomic E-state index is 5.73. The topological polar surface area (TPSA) is 30.3 Å². The van der Waals surface area contributed by atoms with Crippen molar-refractivity contribution in [1.29, 1.82) is 0 Å². The minimum atomic E-state index is 0.459. The van der Waals surface area contributed by atoms with Crippen molar-refractivity contribution in [2.75, 3.05) is 26.2 Å². The predicted octanol–water partition coefficient (Wildman–Crippen LogP) is 2.08. The molecular formula is C14H25N3O. The molecule has 102 valence electrons. The quantitative estimate of drug-likeness (QED) is 0.743. The molecule has 1 aromatic heterocycles. The number of nitrogens with zero attached hydrogens (tertiary/aromatic N) is 3. The average molecular weight is 251 g/mol. The van der Waals surface area contributed by atoms with E-state index in [0.29, 0.717) is 6.10 Å². The maximum absolute atomic E-state index is 5.73. The van der Waals surface area contributed by atoms with Crippen molar-refractivity contribution in [3.63, 3.8) is 0 Å². The third-order valence-corrected chi connectivity index (χ3v) is 3.61. The summed E-state index contributed by atoms with van der Waals surface area (Å²) >= 11 is 0. The second-order valence-corrected chi connectivity index (χ2v) is 5.10. The van der Waals surface area contributed by atoms with Gasteiger partial charge >= 0.3 is 0 Å². The van der Waals surface area contributed by atoms with Gasteiger partial charge in [-0.15, -0.1) is 0 Å². The highest BCUT2D eigenvalue weighted by Crippen LogP contribution is 2.13. The van der Waals surface area contributed by atoms with Crippen molar-refractivity contribution in [3.05, 3.63) is 18.2 Å². The summed E-state index contributed by atoms with van der Waals surface area (Å²) in [6.45, 7) is 9.61. The molecule has 1 aliphatic heterocycles. The van der Waals surface area contributed by atoms with Crippen LogP contribution in [0.4, 0.5) is 0 Å². The number of aromatic nitrogens is 2. The minimum absolute atomic E-state index is 0.459. The van der Waals surface area contributed by atoms with E-state index in [4.69, 9.17) is 4.74 Å². The van der Waals surface area contributed by atoms with Crippen LogP contribution in [0, 0.1) is 6.92 Å². The molecule has 4 heteroatoms. The summed E-state index contributed by atoms with van der Waals surface area (Å²) in [4.78, 5) is 6.79. The third kappa shape index (κ3) is 3.82. The zero-order valence-corrected chi connectivity index (χ0v) is 11.6. The molecule has 1 aliphatic rings. The van der Waals surface area contributed by atoms with Crippen LogP contribution >= 0.6 is 0 Å². The number of hydrogen-bond acceptors (Lipinski definition) is 3. The first kappa shape index (κ1) is 13.6. The van der Waals surface area contributed by atoms with Crippen LogP contribution in [0.5, 0.6) is 0 Å². The zero-order chi connectivity index (χ0) is 12.8. The summed E-state index contributed by atoms with van der Waals surface area (Å²) in [7, 11) is 0. The van der Waals surface area contributed by atoms with E-state index in [-0.39, 0.29) is 0 Å². The van der Waals surface area contributed by atoms with Crippen molar-refractivity contribution in [2.45, 2.75) is 45.8 Å². The molecule has 4 nitrogen and oxygen atoms in total. The first-order valence-corrected chi connectivity index (χ1v) is 7.11. The summed E-state index contributed by atoms with van der Waals surface area (Å²) in [5, 5.41) is 0. The van der Waals surface area contributed by atoms with E-state index in [1.165, 1.54) is 19.3 Å². The maximum Gasteiger partial charge on any atom is 0.105 e. The molecule has 1 atom stereocenters. The molecule has 0 N–H and O–H groups in total. The van der Waals surface area contributed by atoms with Gasteiger partial charge in [0.1, 0.15) is 5.82 Å². The van der Waals surface area contributed by atoms with E-state index in [9.17, 15) is 0 Å². The lowest BCUT2D eigenvalue weighted by Gasteiger charge is -2.25. The number of ether oxygens (including phenoxy) is 1. The molecule has 0 unspecified atom stereocenters. The van der Waals surface area contributed by atoms with Gasteiger partial charge in [-0.25, -0.2) is 4.98 Å². The Morgan fingerprint density at radius 1 is 1.50 bits per heavy atom. The number of aryl methyl sites for hydroxylation is 1. The normalized spacial score (nSPS) is 19.8. The van der Waals surface area contributed by atoms with Crippen LogP contribution in [-0.4, -0.2) is 46.8 Å². The van der Waals surface area contributed by atoms with Crippen LogP contribution in [-0.2, 0) is 11.3 Å². The first-order valence-electron chi connectivity index (χ1n) is 7.11. The Morgan fingerprint density at radius 3 is 3.00 bits per heavy atom. The largest absolute Gasteiger partial charge is 0.377 e. The van der Waals surface area contributed by atoms with Gasteiger partial charge in [0.25, 0.3) is 0 Å². The van der Waals surface area contributed by atoms with Gasteiger partial charge in [0, 0.05) is 38.6 Å². The molecule has 2 heterocycles. The summed E-state index contributed by atoms with van der Waals surface area (Å²) in [6, 6.07) is 0. The summed E-state index contributed by atoms with van der Waals surface area (Å²) in [5.74, 6) is 1.10. The van der Waals surface area contributed by atoms with Gasteiger partial charge in [-0.2, -0.15) is 0 Å². The predicted molar refractivity (Wildman–Crippen MR) is 72.7 cm³/mol. The van der Waals surface area contributed by atoms with Gasteiger partial charge in [0.2, 0.25) is 0 Å². The molecule has 1 fully saturated rings. The molecule has 1 aromatic rings. The summed E-state index contributed by atoms with van der Waals surface area (Å²) < 4.78 is 7.95. The van der Waals surface area contributed by atoms with E-state index >= 15 is 0 Å². The molecule has 0 aromatic carbocycles. The monoisotopic (exact) mass is 251 g/mol. The Balaban J connectivity index is 1.79. The molecule has 0 spiro atoms. The molecule has 0 aliphatic carbocycles. The molecular weight excluding hydrogens is 226 g/mol. The van der Waals surface area contributed by atoms with Gasteiger partial charge < -0.3 is 9.30 Å².